The van der Waals surface area contributed by atoms with Crippen molar-refractivity contribution in [1.29, 1.82) is 0 Å². The molecule has 4 heteroatoms. The summed E-state index contributed by atoms with van der Waals surface area (Å²) in [6, 6.07) is 7.59. The van der Waals surface area contributed by atoms with E-state index in [0.29, 0.717) is 0 Å². The molecule has 108 valence electrons. The molecule has 1 spiro atoms. The minimum Gasteiger partial charge on any atom is -0.444 e. The fourth-order valence-corrected chi connectivity index (χ4v) is 3.16. The average molecular weight is 275 g/mol. The van der Waals surface area contributed by atoms with Crippen LogP contribution >= 0.6 is 0 Å². The summed E-state index contributed by atoms with van der Waals surface area (Å²) in [5, 5.41) is 13.4. The summed E-state index contributed by atoms with van der Waals surface area (Å²) in [5.41, 5.74) is 1.51. The van der Waals surface area contributed by atoms with Crippen LogP contribution in [-0.2, 0) is 10.2 Å². The zero-order valence-electron chi connectivity index (χ0n) is 12.1. The summed E-state index contributed by atoms with van der Waals surface area (Å²) in [6.07, 6.45) is 0.927. The van der Waals surface area contributed by atoms with Gasteiger partial charge in [-0.2, -0.15) is 0 Å². The summed E-state index contributed by atoms with van der Waals surface area (Å²) in [6.45, 7) is 5.48. The molecule has 0 saturated heterocycles. The lowest BCUT2D eigenvalue weighted by atomic mass is 9.97. The van der Waals surface area contributed by atoms with E-state index in [1.165, 1.54) is 5.56 Å². The Morgan fingerprint density at radius 1 is 1.35 bits per heavy atom. The molecule has 2 aliphatic carbocycles. The van der Waals surface area contributed by atoms with E-state index in [1.807, 2.05) is 39.0 Å². The molecule has 0 unspecified atom stereocenters. The third kappa shape index (κ3) is 2.08. The van der Waals surface area contributed by atoms with Gasteiger partial charge in [0.25, 0.3) is 0 Å². The number of fused-ring (bicyclic) bond motifs is 2. The number of aliphatic hydroxyl groups is 1. The number of nitrogens with one attached hydrogen (secondary N) is 1. The van der Waals surface area contributed by atoms with Crippen LogP contribution in [0.15, 0.2) is 24.3 Å². The molecule has 2 N–H and O–H groups in total. The van der Waals surface area contributed by atoms with Gasteiger partial charge in [-0.1, -0.05) is 24.3 Å². The first-order chi connectivity index (χ1) is 9.33. The molecule has 0 radical (unpaired) electrons. The second kappa shape index (κ2) is 4.22. The van der Waals surface area contributed by atoms with Crippen LogP contribution in [-0.4, -0.2) is 22.9 Å². The van der Waals surface area contributed by atoms with Crippen molar-refractivity contribution in [2.45, 2.75) is 56.8 Å². The molecule has 0 aliphatic heterocycles. The monoisotopic (exact) mass is 275 g/mol. The zero-order valence-corrected chi connectivity index (χ0v) is 12.1. The van der Waals surface area contributed by atoms with E-state index < -0.39 is 17.8 Å². The third-order valence-corrected chi connectivity index (χ3v) is 4.18. The van der Waals surface area contributed by atoms with E-state index in [9.17, 15) is 9.90 Å². The fourth-order valence-electron chi connectivity index (χ4n) is 3.16. The molecule has 4 nitrogen and oxygen atoms in total. The van der Waals surface area contributed by atoms with Gasteiger partial charge in [0.1, 0.15) is 5.60 Å². The number of amides is 1. The van der Waals surface area contributed by atoms with Gasteiger partial charge < -0.3 is 15.2 Å². The number of rotatable bonds is 1. The normalized spacial score (nSPS) is 26.2. The van der Waals surface area contributed by atoms with Gasteiger partial charge in [-0.05, 0) is 44.7 Å². The molecule has 1 fully saturated rings. The van der Waals surface area contributed by atoms with Gasteiger partial charge >= 0.3 is 6.09 Å². The Labute approximate surface area is 119 Å². The van der Waals surface area contributed by atoms with Crippen molar-refractivity contribution in [2.24, 2.45) is 0 Å². The maximum Gasteiger partial charge on any atom is 0.408 e. The van der Waals surface area contributed by atoms with E-state index in [2.05, 4.69) is 11.4 Å². The molecular weight excluding hydrogens is 254 g/mol. The number of ether oxygens (including phenoxy) is 1. The number of benzene rings is 1. The SMILES string of the molecule is CC(C)(C)OC(=O)N[C@@H]1c2ccccc2C2(CC2)[C@H]1O. The van der Waals surface area contributed by atoms with Crippen molar-refractivity contribution in [2.75, 3.05) is 0 Å². The summed E-state index contributed by atoms with van der Waals surface area (Å²) < 4.78 is 5.29. The van der Waals surface area contributed by atoms with Gasteiger partial charge in [-0.3, -0.25) is 0 Å². The molecule has 0 aromatic heterocycles. The predicted octanol–water partition coefficient (Wildman–Crippen LogP) is 2.66. The van der Waals surface area contributed by atoms with Crippen LogP contribution in [0.3, 0.4) is 0 Å². The van der Waals surface area contributed by atoms with Gasteiger partial charge in [0, 0.05) is 5.41 Å². The van der Waals surface area contributed by atoms with Crippen LogP contribution in [0.1, 0.15) is 50.8 Å². The van der Waals surface area contributed by atoms with Crippen LogP contribution in [0, 0.1) is 0 Å². The van der Waals surface area contributed by atoms with Gasteiger partial charge in [0.05, 0.1) is 12.1 Å². The highest BCUT2D eigenvalue weighted by molar-refractivity contribution is 5.69. The summed E-state index contributed by atoms with van der Waals surface area (Å²) >= 11 is 0. The first-order valence-corrected chi connectivity index (χ1v) is 7.10. The highest BCUT2D eigenvalue weighted by Gasteiger charge is 2.59. The van der Waals surface area contributed by atoms with E-state index in [0.717, 1.165) is 18.4 Å². The van der Waals surface area contributed by atoms with Gasteiger partial charge in [-0.25, -0.2) is 4.79 Å². The molecule has 1 amide bonds. The summed E-state index contributed by atoms with van der Waals surface area (Å²) in [5.74, 6) is 0. The Morgan fingerprint density at radius 2 is 2.00 bits per heavy atom. The second-order valence-electron chi connectivity index (χ2n) is 6.81. The molecule has 1 aromatic rings. The van der Waals surface area contributed by atoms with Crippen molar-refractivity contribution in [1.82, 2.24) is 5.32 Å². The van der Waals surface area contributed by atoms with Crippen LogP contribution in [0.2, 0.25) is 0 Å². The summed E-state index contributed by atoms with van der Waals surface area (Å²) in [4.78, 5) is 12.0. The maximum atomic E-state index is 12.0. The molecule has 2 atom stereocenters. The van der Waals surface area contributed by atoms with Crippen molar-refractivity contribution >= 4 is 6.09 Å². The average Bonchev–Trinajstić information content (AvgIpc) is 3.10. The van der Waals surface area contributed by atoms with Crippen molar-refractivity contribution < 1.29 is 14.6 Å². The first-order valence-electron chi connectivity index (χ1n) is 7.10. The fraction of sp³-hybridized carbons (Fsp3) is 0.562. The molecule has 2 aliphatic rings. The number of carbonyl (C=O) groups excluding carboxylic acids is 1. The van der Waals surface area contributed by atoms with Crippen LogP contribution < -0.4 is 5.32 Å². The topological polar surface area (TPSA) is 58.6 Å². The van der Waals surface area contributed by atoms with Crippen LogP contribution in [0.25, 0.3) is 0 Å². The van der Waals surface area contributed by atoms with Gasteiger partial charge in [-0.15, -0.1) is 0 Å². The Kier molecular flexibility index (Phi) is 2.83. The Balaban J connectivity index is 1.83. The van der Waals surface area contributed by atoms with E-state index >= 15 is 0 Å². The number of hydrogen-bond donors (Lipinski definition) is 2. The molecule has 1 saturated carbocycles. The standard InChI is InChI=1S/C16H21NO3/c1-15(2,3)20-14(19)17-12-10-6-4-5-7-11(10)16(8-9-16)13(12)18/h4-7,12-13,18H,8-9H2,1-3H3,(H,17,19)/t12-,13+/m1/s1. The lowest BCUT2D eigenvalue weighted by Gasteiger charge is -2.24. The number of carbonyl (C=O) groups is 1. The predicted molar refractivity (Wildman–Crippen MR) is 75.5 cm³/mol. The van der Waals surface area contributed by atoms with E-state index in [4.69, 9.17) is 4.74 Å². The second-order valence-corrected chi connectivity index (χ2v) is 6.81. The lowest BCUT2D eigenvalue weighted by molar-refractivity contribution is 0.0404. The molecule has 1 aromatic carbocycles. The Hall–Kier alpha value is -1.55. The van der Waals surface area contributed by atoms with Crippen molar-refractivity contribution in [3.05, 3.63) is 35.4 Å². The molecule has 20 heavy (non-hydrogen) atoms. The van der Waals surface area contributed by atoms with E-state index in [-0.39, 0.29) is 11.5 Å². The molecule has 0 bridgehead atoms. The molecule has 0 heterocycles. The largest absolute Gasteiger partial charge is 0.444 e. The third-order valence-electron chi connectivity index (χ3n) is 4.18. The summed E-state index contributed by atoms with van der Waals surface area (Å²) in [7, 11) is 0. The van der Waals surface area contributed by atoms with Gasteiger partial charge in [0.15, 0.2) is 0 Å². The molecule has 3 rings (SSSR count). The number of hydrogen-bond acceptors (Lipinski definition) is 3. The highest BCUT2D eigenvalue weighted by atomic mass is 16.6. The lowest BCUT2D eigenvalue weighted by Crippen LogP contribution is -2.40. The molecular formula is C16H21NO3. The zero-order chi connectivity index (χ0) is 14.5. The first kappa shape index (κ1) is 13.4. The maximum absolute atomic E-state index is 12.0. The van der Waals surface area contributed by atoms with E-state index in [1.54, 1.807) is 0 Å². The minimum atomic E-state index is -0.563. The Bertz CT molecular complexity index is 543. The quantitative estimate of drug-likeness (QED) is 0.828. The van der Waals surface area contributed by atoms with Crippen molar-refractivity contribution in [3.63, 3.8) is 0 Å². The van der Waals surface area contributed by atoms with Gasteiger partial charge in [0.2, 0.25) is 0 Å². The Morgan fingerprint density at radius 3 is 2.60 bits per heavy atom. The highest BCUT2D eigenvalue weighted by Crippen LogP contribution is 2.59. The van der Waals surface area contributed by atoms with Crippen molar-refractivity contribution in [3.8, 4) is 0 Å². The number of alkyl carbamates (subject to hydrolysis) is 1. The van der Waals surface area contributed by atoms with Crippen LogP contribution in [0.5, 0.6) is 0 Å². The van der Waals surface area contributed by atoms with Crippen LogP contribution in [0.4, 0.5) is 4.79 Å². The smallest absolute Gasteiger partial charge is 0.408 e. The minimum absolute atomic E-state index is 0.143. The number of aliphatic hydroxyl groups excluding tert-OH is 1.